The normalized spacial score (nSPS) is 23.2. The molecule has 0 radical (unpaired) electrons. The number of carbonyl (C=O) groups excluding carboxylic acids is 1. The number of fused-ring (bicyclic) bond motifs is 4. The van der Waals surface area contributed by atoms with Gasteiger partial charge in [-0.05, 0) is 70.9 Å². The van der Waals surface area contributed by atoms with Crippen molar-refractivity contribution < 1.29 is 14.6 Å². The predicted octanol–water partition coefficient (Wildman–Crippen LogP) is 10.0. The molecule has 3 aliphatic carbocycles. The predicted molar refractivity (Wildman–Crippen MR) is 189 cm³/mol. The van der Waals surface area contributed by atoms with Crippen molar-refractivity contribution in [2.75, 3.05) is 0 Å². The van der Waals surface area contributed by atoms with Gasteiger partial charge in [-0.3, -0.25) is 8.87 Å². The van der Waals surface area contributed by atoms with Crippen LogP contribution in [0.25, 0.3) is 11.0 Å². The molecule has 45 heavy (non-hydrogen) atoms. The summed E-state index contributed by atoms with van der Waals surface area (Å²) in [5.74, 6) is 0. The summed E-state index contributed by atoms with van der Waals surface area (Å²) in [4.78, 5) is 20.6. The maximum atomic E-state index is 13.7. The van der Waals surface area contributed by atoms with E-state index in [9.17, 15) is 9.90 Å². The van der Waals surface area contributed by atoms with Gasteiger partial charge in [0.25, 0.3) is 0 Å². The summed E-state index contributed by atoms with van der Waals surface area (Å²) >= 11 is 6.94. The molecule has 2 bridgehead atoms. The number of ether oxygens (including phenoxy) is 1. The maximum Gasteiger partial charge on any atom is 0.411 e. The van der Waals surface area contributed by atoms with E-state index in [1.54, 1.807) is 6.20 Å². The topological polar surface area (TPSA) is 67.6 Å². The van der Waals surface area contributed by atoms with E-state index < -0.39 is 21.9 Å². The third-order valence-electron chi connectivity index (χ3n) is 10.8. The summed E-state index contributed by atoms with van der Waals surface area (Å²) in [6.07, 6.45) is 7.92. The SMILES string of the molecule is CC(C)S(C(C)C)(C(C)C)n1ccc2c(C(O)C34CCC(N(Cc5ccccc5)C(=O)OC(C)(C)C)(CC3)CC4)c(Cl)cnc21. The molecular formula is C37H54ClN3O3S. The zero-order chi connectivity index (χ0) is 32.9. The first kappa shape index (κ1) is 34.1. The summed E-state index contributed by atoms with van der Waals surface area (Å²) in [6.45, 7) is 20.3. The lowest BCUT2D eigenvalue weighted by Gasteiger charge is -2.58. The minimum atomic E-state index is -1.29. The molecule has 3 aromatic rings. The molecule has 0 aliphatic heterocycles. The molecule has 1 unspecified atom stereocenters. The standard InChI is InChI=1S/C37H54ClN3O3S/c1-25(2)45(26(3)4,27(5)6)41-22-15-29-31(30(38)23-39-33(29)41)32(42)36-16-19-37(20-17-36,21-18-36)40(34(43)44-35(7,8)9)24-28-13-11-10-12-14-28/h10-15,22-23,25-27,32,42H,16-21,24H2,1-9H3. The van der Waals surface area contributed by atoms with Crippen LogP contribution in [0.4, 0.5) is 4.79 Å². The van der Waals surface area contributed by atoms with Crippen molar-refractivity contribution in [3.8, 4) is 0 Å². The van der Waals surface area contributed by atoms with E-state index in [0.29, 0.717) is 27.3 Å². The van der Waals surface area contributed by atoms with Gasteiger partial charge in [0.05, 0.1) is 11.1 Å². The molecule has 1 amide bonds. The highest BCUT2D eigenvalue weighted by atomic mass is 35.5. The Bertz CT molecular complexity index is 1460. The fraction of sp³-hybridized carbons (Fsp3) is 0.622. The molecule has 3 saturated carbocycles. The van der Waals surface area contributed by atoms with Gasteiger partial charge in [-0.2, -0.15) is 10.2 Å². The average molecular weight is 656 g/mol. The number of aromatic nitrogens is 2. The van der Waals surface area contributed by atoms with Crippen LogP contribution in [0.15, 0.2) is 48.8 Å². The van der Waals surface area contributed by atoms with E-state index >= 15 is 0 Å². The summed E-state index contributed by atoms with van der Waals surface area (Å²) < 4.78 is 8.41. The molecule has 1 N–H and O–H groups in total. The van der Waals surface area contributed by atoms with Gasteiger partial charge in [-0.25, -0.2) is 9.78 Å². The van der Waals surface area contributed by atoms with Crippen LogP contribution in [0, 0.1) is 5.41 Å². The lowest BCUT2D eigenvalue weighted by Crippen LogP contribution is -2.59. The highest BCUT2D eigenvalue weighted by Crippen LogP contribution is 2.64. The molecule has 3 aliphatic rings. The van der Waals surface area contributed by atoms with E-state index in [2.05, 4.69) is 69.9 Å². The molecule has 1 atom stereocenters. The van der Waals surface area contributed by atoms with Crippen molar-refractivity contribution in [3.05, 3.63) is 64.9 Å². The number of nitrogens with zero attached hydrogens (tertiary/aromatic N) is 3. The number of amides is 1. The van der Waals surface area contributed by atoms with Crippen molar-refractivity contribution in [2.24, 2.45) is 5.41 Å². The van der Waals surface area contributed by atoms with Gasteiger partial charge in [-0.1, -0.05) is 83.5 Å². The largest absolute Gasteiger partial charge is 0.444 e. The molecule has 6 rings (SSSR count). The Morgan fingerprint density at radius 1 is 0.978 bits per heavy atom. The molecule has 0 saturated heterocycles. The number of aliphatic hydroxyl groups is 1. The van der Waals surface area contributed by atoms with E-state index in [4.69, 9.17) is 21.3 Å². The number of hydrogen-bond acceptors (Lipinski definition) is 4. The number of aliphatic hydroxyl groups excluding tert-OH is 1. The Morgan fingerprint density at radius 3 is 2.04 bits per heavy atom. The van der Waals surface area contributed by atoms with Crippen LogP contribution >= 0.6 is 21.8 Å². The summed E-state index contributed by atoms with van der Waals surface area (Å²) in [6, 6.07) is 12.3. The number of carbonyl (C=O) groups is 1. The Morgan fingerprint density at radius 2 is 1.53 bits per heavy atom. The second-order valence-electron chi connectivity index (χ2n) is 15.3. The Hall–Kier alpha value is -2.22. The summed E-state index contributed by atoms with van der Waals surface area (Å²) in [7, 11) is -1.29. The third kappa shape index (κ3) is 5.91. The van der Waals surface area contributed by atoms with Gasteiger partial charge in [-0.15, -0.1) is 0 Å². The monoisotopic (exact) mass is 655 g/mol. The van der Waals surface area contributed by atoms with Crippen LogP contribution in [0.5, 0.6) is 0 Å². The first-order chi connectivity index (χ1) is 21.1. The lowest BCUT2D eigenvalue weighted by molar-refractivity contribution is -0.110. The first-order valence-corrected chi connectivity index (χ1v) is 18.9. The third-order valence-corrected chi connectivity index (χ3v) is 16.6. The number of benzene rings is 1. The van der Waals surface area contributed by atoms with Crippen molar-refractivity contribution in [1.82, 2.24) is 13.9 Å². The average Bonchev–Trinajstić information content (AvgIpc) is 3.39. The fourth-order valence-electron chi connectivity index (χ4n) is 8.73. The summed E-state index contributed by atoms with van der Waals surface area (Å²) in [5, 5.41) is 15.2. The van der Waals surface area contributed by atoms with E-state index in [1.165, 1.54) is 0 Å². The van der Waals surface area contributed by atoms with Crippen LogP contribution in [0.1, 0.15) is 118 Å². The second-order valence-corrected chi connectivity index (χ2v) is 20.4. The molecule has 2 heterocycles. The molecule has 8 heteroatoms. The van der Waals surface area contributed by atoms with Gasteiger partial charge in [0.2, 0.25) is 0 Å². The number of rotatable bonds is 9. The van der Waals surface area contributed by atoms with Gasteiger partial charge in [0.15, 0.2) is 0 Å². The first-order valence-electron chi connectivity index (χ1n) is 16.8. The molecule has 0 spiro atoms. The Labute approximate surface area is 277 Å². The van der Waals surface area contributed by atoms with E-state index in [-0.39, 0.29) is 17.0 Å². The van der Waals surface area contributed by atoms with Gasteiger partial charge < -0.3 is 9.84 Å². The lowest BCUT2D eigenvalue weighted by atomic mass is 9.54. The number of pyridine rings is 1. The number of hydrogen-bond donors (Lipinski definition) is 1. The molecular weight excluding hydrogens is 602 g/mol. The van der Waals surface area contributed by atoms with Gasteiger partial charge in [0.1, 0.15) is 11.2 Å². The highest BCUT2D eigenvalue weighted by molar-refractivity contribution is 8.33. The molecule has 6 nitrogen and oxygen atoms in total. The van der Waals surface area contributed by atoms with E-state index in [0.717, 1.165) is 60.7 Å². The zero-order valence-corrected chi connectivity index (χ0v) is 30.3. The minimum absolute atomic E-state index is 0.257. The van der Waals surface area contributed by atoms with Crippen molar-refractivity contribution >= 4 is 38.9 Å². The molecule has 3 fully saturated rings. The van der Waals surface area contributed by atoms with E-state index in [1.807, 2.05) is 43.9 Å². The van der Waals surface area contributed by atoms with Crippen LogP contribution in [0.3, 0.4) is 0 Å². The molecule has 2 aromatic heterocycles. The van der Waals surface area contributed by atoms with Gasteiger partial charge in [0, 0.05) is 56.6 Å². The Balaban J connectivity index is 1.48. The minimum Gasteiger partial charge on any atom is -0.444 e. The summed E-state index contributed by atoms with van der Waals surface area (Å²) in [5.41, 5.74) is 1.66. The van der Waals surface area contributed by atoms with Crippen LogP contribution in [0.2, 0.25) is 5.02 Å². The smallest absolute Gasteiger partial charge is 0.411 e. The quantitative estimate of drug-likeness (QED) is 0.249. The van der Waals surface area contributed by atoms with Crippen LogP contribution < -0.4 is 0 Å². The maximum absolute atomic E-state index is 13.7. The zero-order valence-electron chi connectivity index (χ0n) is 28.8. The van der Waals surface area contributed by atoms with Crippen molar-refractivity contribution in [1.29, 1.82) is 0 Å². The van der Waals surface area contributed by atoms with Crippen LogP contribution in [-0.2, 0) is 11.3 Å². The Kier molecular flexibility index (Phi) is 9.42. The van der Waals surface area contributed by atoms with Crippen LogP contribution in [-0.4, -0.2) is 51.9 Å². The number of halogens is 1. The van der Waals surface area contributed by atoms with Crippen molar-refractivity contribution in [2.45, 2.75) is 140 Å². The molecule has 248 valence electrons. The highest BCUT2D eigenvalue weighted by Gasteiger charge is 2.56. The molecule has 1 aromatic carbocycles. The second kappa shape index (κ2) is 12.4. The van der Waals surface area contributed by atoms with Gasteiger partial charge >= 0.3 is 6.09 Å². The van der Waals surface area contributed by atoms with Crippen molar-refractivity contribution in [3.63, 3.8) is 0 Å². The fourth-order valence-corrected chi connectivity index (χ4v) is 14.3.